The van der Waals surface area contributed by atoms with Crippen molar-refractivity contribution in [3.05, 3.63) is 29.8 Å². The monoisotopic (exact) mass is 298 g/mol. The first-order valence-corrected chi connectivity index (χ1v) is 8.07. The third-order valence-electron chi connectivity index (χ3n) is 2.74. The van der Waals surface area contributed by atoms with Gasteiger partial charge in [0.15, 0.2) is 0 Å². The summed E-state index contributed by atoms with van der Waals surface area (Å²) in [5.74, 6) is -0.00533. The molecule has 0 bridgehead atoms. The molecule has 1 aromatic rings. The lowest BCUT2D eigenvalue weighted by Crippen LogP contribution is -2.45. The summed E-state index contributed by atoms with van der Waals surface area (Å²) in [4.78, 5) is 11.9. The lowest BCUT2D eigenvalue weighted by Gasteiger charge is -2.15. The molecule has 0 radical (unpaired) electrons. The van der Waals surface area contributed by atoms with E-state index < -0.39 is 16.1 Å². The number of rotatable bonds is 6. The summed E-state index contributed by atoms with van der Waals surface area (Å²) in [6, 6.07) is 5.68. The van der Waals surface area contributed by atoms with Gasteiger partial charge in [-0.2, -0.15) is 4.72 Å². The first-order chi connectivity index (χ1) is 9.22. The third-order valence-corrected chi connectivity index (χ3v) is 4.30. The van der Waals surface area contributed by atoms with Crippen LogP contribution in [-0.2, 0) is 14.8 Å². The van der Waals surface area contributed by atoms with Crippen molar-refractivity contribution < 1.29 is 13.2 Å². The average Bonchev–Trinajstić information content (AvgIpc) is 2.35. The molecule has 1 amide bonds. The number of carbonyl (C=O) groups excluding carboxylic acids is 1. The van der Waals surface area contributed by atoms with Gasteiger partial charge in [-0.1, -0.05) is 31.5 Å². The number of sulfonamides is 1. The first-order valence-electron chi connectivity index (χ1n) is 6.59. The van der Waals surface area contributed by atoms with Crippen molar-refractivity contribution >= 4 is 15.9 Å². The Labute approximate surface area is 120 Å². The number of hydrogen-bond acceptors (Lipinski definition) is 3. The van der Waals surface area contributed by atoms with Gasteiger partial charge in [0.05, 0.1) is 10.9 Å². The van der Waals surface area contributed by atoms with Gasteiger partial charge < -0.3 is 5.32 Å². The van der Waals surface area contributed by atoms with Gasteiger partial charge in [0.1, 0.15) is 0 Å². The maximum absolute atomic E-state index is 12.1. The van der Waals surface area contributed by atoms with E-state index in [0.29, 0.717) is 12.5 Å². The Morgan fingerprint density at radius 2 is 1.70 bits per heavy atom. The van der Waals surface area contributed by atoms with Crippen LogP contribution in [0, 0.1) is 12.8 Å². The molecule has 2 N–H and O–H groups in total. The van der Waals surface area contributed by atoms with Crippen LogP contribution in [0.3, 0.4) is 0 Å². The van der Waals surface area contributed by atoms with E-state index in [1.807, 2.05) is 20.8 Å². The fourth-order valence-electron chi connectivity index (χ4n) is 1.53. The minimum atomic E-state index is -3.67. The third kappa shape index (κ3) is 4.94. The van der Waals surface area contributed by atoms with Crippen molar-refractivity contribution in [3.63, 3.8) is 0 Å². The highest BCUT2D eigenvalue weighted by atomic mass is 32.2. The second-order valence-electron chi connectivity index (χ2n) is 5.30. The van der Waals surface area contributed by atoms with Gasteiger partial charge in [0.25, 0.3) is 0 Å². The van der Waals surface area contributed by atoms with Gasteiger partial charge >= 0.3 is 0 Å². The minimum absolute atomic E-state index is 0.159. The number of benzene rings is 1. The van der Waals surface area contributed by atoms with Crippen LogP contribution in [0.2, 0.25) is 0 Å². The Balaban J connectivity index is 2.70. The highest BCUT2D eigenvalue weighted by Gasteiger charge is 2.21. The molecule has 1 aromatic carbocycles. The summed E-state index contributed by atoms with van der Waals surface area (Å²) in [5.41, 5.74) is 0.978. The number of carbonyl (C=O) groups is 1. The number of hydrogen-bond donors (Lipinski definition) is 2. The Morgan fingerprint density at radius 1 is 1.15 bits per heavy atom. The lowest BCUT2D eigenvalue weighted by atomic mass is 10.2. The summed E-state index contributed by atoms with van der Waals surface area (Å²) in [7, 11) is -3.67. The van der Waals surface area contributed by atoms with Gasteiger partial charge in [-0.15, -0.1) is 0 Å². The van der Waals surface area contributed by atoms with Crippen molar-refractivity contribution in [1.82, 2.24) is 10.0 Å². The molecule has 0 spiro atoms. The standard InChI is InChI=1S/C14H22N2O3S/c1-10(2)9-15-14(17)12(4)16-20(18,19)13-7-5-11(3)6-8-13/h5-8,10,12,16H,9H2,1-4H3,(H,15,17)/t12-/m1/s1. The second kappa shape index (κ2) is 6.85. The van der Waals surface area contributed by atoms with Gasteiger partial charge in [-0.05, 0) is 31.9 Å². The van der Waals surface area contributed by atoms with Crippen LogP contribution in [0.25, 0.3) is 0 Å². The van der Waals surface area contributed by atoms with E-state index in [9.17, 15) is 13.2 Å². The molecule has 0 aliphatic carbocycles. The van der Waals surface area contributed by atoms with E-state index in [4.69, 9.17) is 0 Å². The topological polar surface area (TPSA) is 75.3 Å². The van der Waals surface area contributed by atoms with Crippen molar-refractivity contribution in [2.75, 3.05) is 6.54 Å². The maximum Gasteiger partial charge on any atom is 0.241 e. The molecule has 0 saturated carbocycles. The Morgan fingerprint density at radius 3 is 2.20 bits per heavy atom. The normalized spacial score (nSPS) is 13.2. The van der Waals surface area contributed by atoms with Gasteiger partial charge in [0, 0.05) is 6.54 Å². The quantitative estimate of drug-likeness (QED) is 0.834. The molecule has 0 aliphatic heterocycles. The van der Waals surface area contributed by atoms with E-state index in [2.05, 4.69) is 10.0 Å². The summed E-state index contributed by atoms with van der Waals surface area (Å²) in [6.07, 6.45) is 0. The predicted molar refractivity (Wildman–Crippen MR) is 78.8 cm³/mol. The van der Waals surface area contributed by atoms with Crippen LogP contribution in [0.15, 0.2) is 29.2 Å². The summed E-state index contributed by atoms with van der Waals surface area (Å²) in [6.45, 7) is 7.88. The molecule has 0 unspecified atom stereocenters. The molecule has 0 saturated heterocycles. The van der Waals surface area contributed by atoms with Crippen molar-refractivity contribution in [3.8, 4) is 0 Å². The van der Waals surface area contributed by atoms with E-state index in [-0.39, 0.29) is 10.8 Å². The summed E-state index contributed by atoms with van der Waals surface area (Å²) >= 11 is 0. The molecule has 1 rings (SSSR count). The highest BCUT2D eigenvalue weighted by Crippen LogP contribution is 2.10. The Hall–Kier alpha value is -1.40. The summed E-state index contributed by atoms with van der Waals surface area (Å²) in [5, 5.41) is 2.70. The molecule has 20 heavy (non-hydrogen) atoms. The first kappa shape index (κ1) is 16.7. The van der Waals surface area contributed by atoms with Crippen molar-refractivity contribution in [2.45, 2.75) is 38.6 Å². The number of aryl methyl sites for hydroxylation is 1. The molecule has 0 fully saturated rings. The molecular weight excluding hydrogens is 276 g/mol. The zero-order chi connectivity index (χ0) is 15.3. The molecule has 0 aliphatic rings. The lowest BCUT2D eigenvalue weighted by molar-refractivity contribution is -0.122. The van der Waals surface area contributed by atoms with Crippen LogP contribution in [0.4, 0.5) is 0 Å². The second-order valence-corrected chi connectivity index (χ2v) is 7.01. The summed E-state index contributed by atoms with van der Waals surface area (Å²) < 4.78 is 26.6. The molecule has 1 atom stereocenters. The fourth-order valence-corrected chi connectivity index (χ4v) is 2.73. The van der Waals surface area contributed by atoms with Gasteiger partial charge in [-0.3, -0.25) is 4.79 Å². The SMILES string of the molecule is Cc1ccc(S(=O)(=O)N[C@H](C)C(=O)NCC(C)C)cc1. The van der Waals surface area contributed by atoms with Crippen molar-refractivity contribution in [1.29, 1.82) is 0 Å². The fraction of sp³-hybridized carbons (Fsp3) is 0.500. The Bertz CT molecular complexity index is 550. The van der Waals surface area contributed by atoms with Crippen LogP contribution in [0.5, 0.6) is 0 Å². The molecule has 112 valence electrons. The minimum Gasteiger partial charge on any atom is -0.354 e. The van der Waals surface area contributed by atoms with E-state index in [1.165, 1.54) is 19.1 Å². The molecule has 6 heteroatoms. The molecule has 0 aromatic heterocycles. The Kier molecular flexibility index (Phi) is 5.71. The number of nitrogens with one attached hydrogen (secondary N) is 2. The largest absolute Gasteiger partial charge is 0.354 e. The average molecular weight is 298 g/mol. The molecule has 5 nitrogen and oxygen atoms in total. The van der Waals surface area contributed by atoms with Crippen molar-refractivity contribution in [2.24, 2.45) is 5.92 Å². The smallest absolute Gasteiger partial charge is 0.241 e. The maximum atomic E-state index is 12.1. The van der Waals surface area contributed by atoms with E-state index in [0.717, 1.165) is 5.56 Å². The van der Waals surface area contributed by atoms with Crippen LogP contribution in [0.1, 0.15) is 26.3 Å². The molecular formula is C14H22N2O3S. The molecule has 0 heterocycles. The van der Waals surface area contributed by atoms with E-state index in [1.54, 1.807) is 12.1 Å². The van der Waals surface area contributed by atoms with Crippen LogP contribution < -0.4 is 10.0 Å². The van der Waals surface area contributed by atoms with E-state index >= 15 is 0 Å². The van der Waals surface area contributed by atoms with Gasteiger partial charge in [0.2, 0.25) is 15.9 Å². The van der Waals surface area contributed by atoms with Crippen LogP contribution >= 0.6 is 0 Å². The van der Waals surface area contributed by atoms with Crippen LogP contribution in [-0.4, -0.2) is 26.9 Å². The zero-order valence-electron chi connectivity index (χ0n) is 12.3. The zero-order valence-corrected chi connectivity index (χ0v) is 13.1. The number of amides is 1. The predicted octanol–water partition coefficient (Wildman–Crippen LogP) is 1.43. The highest BCUT2D eigenvalue weighted by molar-refractivity contribution is 7.89. The van der Waals surface area contributed by atoms with Gasteiger partial charge in [-0.25, -0.2) is 8.42 Å².